The van der Waals surface area contributed by atoms with Crippen molar-refractivity contribution in [3.8, 4) is 5.75 Å². The third kappa shape index (κ3) is 3.45. The third-order valence-electron chi connectivity index (χ3n) is 2.94. The quantitative estimate of drug-likeness (QED) is 0.845. The van der Waals surface area contributed by atoms with Crippen LogP contribution in [-0.4, -0.2) is 18.8 Å². The van der Waals surface area contributed by atoms with Gasteiger partial charge < -0.3 is 15.6 Å². The van der Waals surface area contributed by atoms with E-state index in [1.165, 1.54) is 5.56 Å². The highest BCUT2D eigenvalue weighted by Gasteiger charge is 2.18. The van der Waals surface area contributed by atoms with E-state index in [0.29, 0.717) is 6.42 Å². The van der Waals surface area contributed by atoms with Crippen LogP contribution in [0, 0.1) is 0 Å². The van der Waals surface area contributed by atoms with Gasteiger partial charge in [0.25, 0.3) is 0 Å². The molecule has 0 fully saturated rings. The molecule has 17 heavy (non-hydrogen) atoms. The van der Waals surface area contributed by atoms with Crippen LogP contribution in [0.3, 0.4) is 0 Å². The Labute approximate surface area is 104 Å². The summed E-state index contributed by atoms with van der Waals surface area (Å²) in [5.41, 5.74) is 8.33. The number of hydrogen-bond acceptors (Lipinski definition) is 3. The van der Waals surface area contributed by atoms with Gasteiger partial charge in [-0.15, -0.1) is 0 Å². The normalized spacial score (nSPS) is 13.5. The molecular formula is C14H23NO2. The highest BCUT2D eigenvalue weighted by molar-refractivity contribution is 5.41. The van der Waals surface area contributed by atoms with Crippen LogP contribution in [0.1, 0.15) is 44.4 Å². The summed E-state index contributed by atoms with van der Waals surface area (Å²) in [5.74, 6) is 0.791. The van der Waals surface area contributed by atoms with Crippen LogP contribution in [0.5, 0.6) is 5.75 Å². The maximum atomic E-state index is 8.97. The smallest absolute Gasteiger partial charge is 0.123 e. The first kappa shape index (κ1) is 14.0. The van der Waals surface area contributed by atoms with E-state index in [2.05, 4.69) is 32.9 Å². The molecule has 0 aliphatic carbocycles. The molecule has 1 aromatic carbocycles. The number of aliphatic hydroxyl groups excluding tert-OH is 1. The minimum Gasteiger partial charge on any atom is -0.496 e. The number of nitrogens with two attached hydrogens (primary N) is 1. The van der Waals surface area contributed by atoms with Gasteiger partial charge in [0.15, 0.2) is 0 Å². The second-order valence-electron chi connectivity index (χ2n) is 5.33. The fourth-order valence-electron chi connectivity index (χ4n) is 1.79. The molecule has 0 aliphatic rings. The molecule has 0 spiro atoms. The first-order valence-electron chi connectivity index (χ1n) is 5.95. The second kappa shape index (κ2) is 5.52. The Balaban J connectivity index is 3.15. The van der Waals surface area contributed by atoms with Gasteiger partial charge in [0.1, 0.15) is 5.75 Å². The number of aliphatic hydroxyl groups is 1. The first-order valence-corrected chi connectivity index (χ1v) is 5.95. The zero-order chi connectivity index (χ0) is 13.1. The number of methoxy groups -OCH3 is 1. The summed E-state index contributed by atoms with van der Waals surface area (Å²) in [6, 6.07) is 5.91. The van der Waals surface area contributed by atoms with Crippen molar-refractivity contribution in [2.75, 3.05) is 13.7 Å². The van der Waals surface area contributed by atoms with Gasteiger partial charge in [-0.25, -0.2) is 0 Å². The summed E-state index contributed by atoms with van der Waals surface area (Å²) in [4.78, 5) is 0. The van der Waals surface area contributed by atoms with Crippen molar-refractivity contribution in [3.05, 3.63) is 29.3 Å². The first-order chi connectivity index (χ1) is 7.90. The van der Waals surface area contributed by atoms with Crippen molar-refractivity contribution in [1.82, 2.24) is 0 Å². The molecule has 3 heteroatoms. The van der Waals surface area contributed by atoms with Crippen LogP contribution >= 0.6 is 0 Å². The second-order valence-corrected chi connectivity index (χ2v) is 5.33. The van der Waals surface area contributed by atoms with E-state index in [-0.39, 0.29) is 18.1 Å². The number of benzene rings is 1. The number of hydrogen-bond donors (Lipinski definition) is 2. The summed E-state index contributed by atoms with van der Waals surface area (Å²) in [6.07, 6.45) is 0.546. The average molecular weight is 237 g/mol. The highest BCUT2D eigenvalue weighted by atomic mass is 16.5. The van der Waals surface area contributed by atoms with E-state index < -0.39 is 0 Å². The van der Waals surface area contributed by atoms with Crippen LogP contribution in [-0.2, 0) is 5.41 Å². The van der Waals surface area contributed by atoms with E-state index in [1.807, 2.05) is 6.07 Å². The Morgan fingerprint density at radius 3 is 2.47 bits per heavy atom. The molecule has 0 aliphatic heterocycles. The molecule has 0 heterocycles. The molecule has 0 aromatic heterocycles. The Kier molecular flexibility index (Phi) is 4.54. The van der Waals surface area contributed by atoms with Crippen LogP contribution in [0.4, 0.5) is 0 Å². The Morgan fingerprint density at radius 2 is 2.00 bits per heavy atom. The number of ether oxygens (including phenoxy) is 1. The zero-order valence-electron chi connectivity index (χ0n) is 11.2. The van der Waals surface area contributed by atoms with Gasteiger partial charge in [-0.3, -0.25) is 0 Å². The maximum Gasteiger partial charge on any atom is 0.123 e. The zero-order valence-corrected chi connectivity index (χ0v) is 11.2. The van der Waals surface area contributed by atoms with Gasteiger partial charge in [-0.05, 0) is 23.5 Å². The Morgan fingerprint density at radius 1 is 1.35 bits per heavy atom. The monoisotopic (exact) mass is 237 g/mol. The standard InChI is InChI=1S/C14H23NO2/c1-14(2,3)10-5-6-13(17-4)11(9-10)12(15)7-8-16/h5-6,9,12,16H,7-8,15H2,1-4H3. The highest BCUT2D eigenvalue weighted by Crippen LogP contribution is 2.31. The number of rotatable bonds is 4. The molecule has 1 aromatic rings. The summed E-state index contributed by atoms with van der Waals surface area (Å²) in [5, 5.41) is 8.97. The van der Waals surface area contributed by atoms with Crippen molar-refractivity contribution < 1.29 is 9.84 Å². The Bertz CT molecular complexity index is 369. The van der Waals surface area contributed by atoms with Gasteiger partial charge >= 0.3 is 0 Å². The molecule has 0 radical (unpaired) electrons. The van der Waals surface area contributed by atoms with Crippen molar-refractivity contribution in [3.63, 3.8) is 0 Å². The van der Waals surface area contributed by atoms with Gasteiger partial charge in [-0.1, -0.05) is 32.9 Å². The average Bonchev–Trinajstić information content (AvgIpc) is 2.27. The molecule has 1 atom stereocenters. The SMILES string of the molecule is COc1ccc(C(C)(C)C)cc1C(N)CCO. The maximum absolute atomic E-state index is 8.97. The minimum atomic E-state index is -0.183. The van der Waals surface area contributed by atoms with Gasteiger partial charge in [0.2, 0.25) is 0 Å². The lowest BCUT2D eigenvalue weighted by Crippen LogP contribution is -2.16. The lowest BCUT2D eigenvalue weighted by Gasteiger charge is -2.23. The van der Waals surface area contributed by atoms with E-state index >= 15 is 0 Å². The molecule has 0 saturated heterocycles. The summed E-state index contributed by atoms with van der Waals surface area (Å²) >= 11 is 0. The fourth-order valence-corrected chi connectivity index (χ4v) is 1.79. The summed E-state index contributed by atoms with van der Waals surface area (Å²) in [6.45, 7) is 6.58. The summed E-state index contributed by atoms with van der Waals surface area (Å²) in [7, 11) is 1.64. The van der Waals surface area contributed by atoms with Crippen molar-refractivity contribution in [1.29, 1.82) is 0 Å². The van der Waals surface area contributed by atoms with Crippen molar-refractivity contribution >= 4 is 0 Å². The third-order valence-corrected chi connectivity index (χ3v) is 2.94. The van der Waals surface area contributed by atoms with E-state index in [9.17, 15) is 0 Å². The van der Waals surface area contributed by atoms with Crippen LogP contribution in [0.15, 0.2) is 18.2 Å². The van der Waals surface area contributed by atoms with E-state index in [4.69, 9.17) is 15.6 Å². The molecular weight excluding hydrogens is 214 g/mol. The molecule has 3 N–H and O–H groups in total. The fraction of sp³-hybridized carbons (Fsp3) is 0.571. The molecule has 0 amide bonds. The predicted molar refractivity (Wildman–Crippen MR) is 70.3 cm³/mol. The largest absolute Gasteiger partial charge is 0.496 e. The van der Waals surface area contributed by atoms with E-state index in [0.717, 1.165) is 11.3 Å². The van der Waals surface area contributed by atoms with Crippen LogP contribution in [0.25, 0.3) is 0 Å². The lowest BCUT2D eigenvalue weighted by atomic mass is 9.85. The van der Waals surface area contributed by atoms with E-state index in [1.54, 1.807) is 7.11 Å². The molecule has 3 nitrogen and oxygen atoms in total. The van der Waals surface area contributed by atoms with Gasteiger partial charge in [-0.2, -0.15) is 0 Å². The Hall–Kier alpha value is -1.06. The molecule has 96 valence electrons. The predicted octanol–water partition coefficient (Wildman–Crippen LogP) is 2.37. The lowest BCUT2D eigenvalue weighted by molar-refractivity contribution is 0.275. The summed E-state index contributed by atoms with van der Waals surface area (Å²) < 4.78 is 5.32. The molecule has 0 saturated carbocycles. The topological polar surface area (TPSA) is 55.5 Å². The van der Waals surface area contributed by atoms with Crippen LogP contribution in [0.2, 0.25) is 0 Å². The van der Waals surface area contributed by atoms with Gasteiger partial charge in [0, 0.05) is 18.2 Å². The minimum absolute atomic E-state index is 0.0833. The molecule has 1 unspecified atom stereocenters. The molecule has 0 bridgehead atoms. The van der Waals surface area contributed by atoms with Crippen LogP contribution < -0.4 is 10.5 Å². The van der Waals surface area contributed by atoms with Crippen molar-refractivity contribution in [2.24, 2.45) is 5.73 Å². The van der Waals surface area contributed by atoms with Crippen molar-refractivity contribution in [2.45, 2.75) is 38.6 Å². The van der Waals surface area contributed by atoms with Gasteiger partial charge in [0.05, 0.1) is 7.11 Å². The molecule has 1 rings (SSSR count).